The number of rotatable bonds is 3. The van der Waals surface area contributed by atoms with E-state index in [1.165, 1.54) is 6.42 Å². The number of piperidine rings is 1. The fourth-order valence-electron chi connectivity index (χ4n) is 2.19. The van der Waals surface area contributed by atoms with Gasteiger partial charge < -0.3 is 4.90 Å². The molecule has 1 aliphatic heterocycles. The van der Waals surface area contributed by atoms with E-state index < -0.39 is 0 Å². The third kappa shape index (κ3) is 2.45. The summed E-state index contributed by atoms with van der Waals surface area (Å²) in [6, 6.07) is 0. The van der Waals surface area contributed by atoms with E-state index in [-0.39, 0.29) is 5.54 Å². The summed E-state index contributed by atoms with van der Waals surface area (Å²) in [4.78, 5) is 13.7. The minimum absolute atomic E-state index is 0.0756. The third-order valence-electron chi connectivity index (χ3n) is 2.92. The van der Waals surface area contributed by atoms with Crippen molar-refractivity contribution in [2.45, 2.75) is 58.4 Å². The number of hydrogen-bond donors (Lipinski definition) is 0. The molecule has 0 saturated carbocycles. The summed E-state index contributed by atoms with van der Waals surface area (Å²) in [5, 5.41) is 0. The van der Waals surface area contributed by atoms with Crippen LogP contribution in [0.3, 0.4) is 0 Å². The molecule has 0 aliphatic carbocycles. The van der Waals surface area contributed by atoms with E-state index in [1.807, 2.05) is 0 Å². The first-order valence-corrected chi connectivity index (χ1v) is 5.38. The topological polar surface area (TPSA) is 20.3 Å². The fraction of sp³-hybridized carbons (Fsp3) is 0.909. The first-order valence-electron chi connectivity index (χ1n) is 5.38. The molecule has 76 valence electrons. The Morgan fingerprint density at radius 3 is 2.62 bits per heavy atom. The Balaban J connectivity index is 2.61. The standard InChI is InChI=1S/C11H21NO/c1-4-8-11(2,3)12-9-6-5-7-10(12)13/h4-9H2,1-3H3. The van der Waals surface area contributed by atoms with E-state index in [0.717, 1.165) is 32.2 Å². The lowest BCUT2D eigenvalue weighted by molar-refractivity contribution is -0.139. The SMILES string of the molecule is CCCC(C)(C)N1CCCCC1=O. The number of hydrogen-bond acceptors (Lipinski definition) is 1. The molecule has 1 amide bonds. The molecule has 0 spiro atoms. The van der Waals surface area contributed by atoms with Crippen LogP contribution in [-0.4, -0.2) is 22.9 Å². The lowest BCUT2D eigenvalue weighted by Crippen LogP contribution is -2.49. The van der Waals surface area contributed by atoms with Gasteiger partial charge in [0.1, 0.15) is 0 Å². The van der Waals surface area contributed by atoms with Gasteiger partial charge in [0, 0.05) is 18.5 Å². The quantitative estimate of drug-likeness (QED) is 0.658. The van der Waals surface area contributed by atoms with Crippen molar-refractivity contribution in [1.29, 1.82) is 0 Å². The van der Waals surface area contributed by atoms with Crippen molar-refractivity contribution in [2.75, 3.05) is 6.54 Å². The van der Waals surface area contributed by atoms with E-state index in [1.54, 1.807) is 0 Å². The first-order chi connectivity index (χ1) is 6.08. The van der Waals surface area contributed by atoms with Crippen LogP contribution in [0.4, 0.5) is 0 Å². The molecule has 0 atom stereocenters. The molecule has 1 fully saturated rings. The molecular formula is C11H21NO. The lowest BCUT2D eigenvalue weighted by atomic mass is 9.93. The summed E-state index contributed by atoms with van der Waals surface area (Å²) in [5.41, 5.74) is 0.0756. The fourth-order valence-corrected chi connectivity index (χ4v) is 2.19. The van der Waals surface area contributed by atoms with Gasteiger partial charge in [-0.15, -0.1) is 0 Å². The van der Waals surface area contributed by atoms with Crippen LogP contribution in [0.1, 0.15) is 52.9 Å². The predicted molar refractivity (Wildman–Crippen MR) is 54.6 cm³/mol. The van der Waals surface area contributed by atoms with Gasteiger partial charge >= 0.3 is 0 Å². The molecule has 0 unspecified atom stereocenters. The van der Waals surface area contributed by atoms with Gasteiger partial charge in [0.2, 0.25) is 5.91 Å². The molecule has 1 heterocycles. The number of carbonyl (C=O) groups excluding carboxylic acids is 1. The molecule has 13 heavy (non-hydrogen) atoms. The second-order valence-corrected chi connectivity index (χ2v) is 4.56. The van der Waals surface area contributed by atoms with Crippen LogP contribution in [0, 0.1) is 0 Å². The average Bonchev–Trinajstić information content (AvgIpc) is 2.04. The van der Waals surface area contributed by atoms with E-state index in [9.17, 15) is 4.79 Å². The summed E-state index contributed by atoms with van der Waals surface area (Å²) in [6.07, 6.45) is 5.28. The molecular weight excluding hydrogens is 162 g/mol. The molecule has 1 saturated heterocycles. The zero-order chi connectivity index (χ0) is 9.90. The van der Waals surface area contributed by atoms with Crippen molar-refractivity contribution in [3.05, 3.63) is 0 Å². The highest BCUT2D eigenvalue weighted by atomic mass is 16.2. The molecule has 2 heteroatoms. The minimum Gasteiger partial charge on any atom is -0.338 e. The highest BCUT2D eigenvalue weighted by molar-refractivity contribution is 5.77. The predicted octanol–water partition coefficient (Wildman–Crippen LogP) is 2.58. The Bertz CT molecular complexity index is 187. The maximum absolute atomic E-state index is 11.6. The van der Waals surface area contributed by atoms with Crippen LogP contribution in [-0.2, 0) is 4.79 Å². The zero-order valence-electron chi connectivity index (χ0n) is 9.10. The van der Waals surface area contributed by atoms with Crippen LogP contribution in [0.2, 0.25) is 0 Å². The van der Waals surface area contributed by atoms with Gasteiger partial charge in [-0.05, 0) is 33.1 Å². The van der Waals surface area contributed by atoms with Crippen LogP contribution in [0.15, 0.2) is 0 Å². The number of likely N-dealkylation sites (tertiary alicyclic amines) is 1. The maximum atomic E-state index is 11.6. The zero-order valence-corrected chi connectivity index (χ0v) is 9.10. The summed E-state index contributed by atoms with van der Waals surface area (Å²) >= 11 is 0. The van der Waals surface area contributed by atoms with Gasteiger partial charge in [0.15, 0.2) is 0 Å². The summed E-state index contributed by atoms with van der Waals surface area (Å²) in [6.45, 7) is 7.50. The Labute approximate surface area is 81.3 Å². The molecule has 0 N–H and O–H groups in total. The molecule has 2 nitrogen and oxygen atoms in total. The second-order valence-electron chi connectivity index (χ2n) is 4.56. The van der Waals surface area contributed by atoms with E-state index in [2.05, 4.69) is 25.7 Å². The van der Waals surface area contributed by atoms with Crippen LogP contribution < -0.4 is 0 Å². The van der Waals surface area contributed by atoms with Crippen molar-refractivity contribution in [3.63, 3.8) is 0 Å². The molecule has 0 aromatic carbocycles. The van der Waals surface area contributed by atoms with Crippen molar-refractivity contribution >= 4 is 5.91 Å². The van der Waals surface area contributed by atoms with Gasteiger partial charge in [-0.1, -0.05) is 13.3 Å². The normalized spacial score (nSPS) is 19.3. The summed E-state index contributed by atoms with van der Waals surface area (Å²) in [7, 11) is 0. The second kappa shape index (κ2) is 4.12. The lowest BCUT2D eigenvalue weighted by Gasteiger charge is -2.41. The Morgan fingerprint density at radius 2 is 2.08 bits per heavy atom. The van der Waals surface area contributed by atoms with Crippen LogP contribution in [0.25, 0.3) is 0 Å². The number of carbonyl (C=O) groups is 1. The van der Waals surface area contributed by atoms with Crippen LogP contribution in [0.5, 0.6) is 0 Å². The highest BCUT2D eigenvalue weighted by Gasteiger charge is 2.31. The van der Waals surface area contributed by atoms with Gasteiger partial charge in [0.05, 0.1) is 0 Å². The third-order valence-corrected chi connectivity index (χ3v) is 2.92. The largest absolute Gasteiger partial charge is 0.338 e. The van der Waals surface area contributed by atoms with E-state index in [0.29, 0.717) is 5.91 Å². The average molecular weight is 183 g/mol. The highest BCUT2D eigenvalue weighted by Crippen LogP contribution is 2.25. The van der Waals surface area contributed by atoms with Gasteiger partial charge in [-0.3, -0.25) is 4.79 Å². The number of amides is 1. The minimum atomic E-state index is 0.0756. The molecule has 0 radical (unpaired) electrons. The molecule has 0 aromatic heterocycles. The first kappa shape index (κ1) is 10.6. The molecule has 1 rings (SSSR count). The van der Waals surface area contributed by atoms with Gasteiger partial charge in [0.25, 0.3) is 0 Å². The van der Waals surface area contributed by atoms with Crippen molar-refractivity contribution in [2.24, 2.45) is 0 Å². The van der Waals surface area contributed by atoms with Crippen molar-refractivity contribution in [3.8, 4) is 0 Å². The maximum Gasteiger partial charge on any atom is 0.223 e. The van der Waals surface area contributed by atoms with Gasteiger partial charge in [-0.25, -0.2) is 0 Å². The van der Waals surface area contributed by atoms with Gasteiger partial charge in [-0.2, -0.15) is 0 Å². The monoisotopic (exact) mass is 183 g/mol. The van der Waals surface area contributed by atoms with E-state index in [4.69, 9.17) is 0 Å². The Morgan fingerprint density at radius 1 is 1.38 bits per heavy atom. The summed E-state index contributed by atoms with van der Waals surface area (Å²) in [5.74, 6) is 0.352. The summed E-state index contributed by atoms with van der Waals surface area (Å²) < 4.78 is 0. The Kier molecular flexibility index (Phi) is 3.34. The number of nitrogens with zero attached hydrogens (tertiary/aromatic N) is 1. The van der Waals surface area contributed by atoms with Crippen molar-refractivity contribution in [1.82, 2.24) is 4.90 Å². The smallest absolute Gasteiger partial charge is 0.223 e. The van der Waals surface area contributed by atoms with Crippen LogP contribution >= 0.6 is 0 Å². The Hall–Kier alpha value is -0.530. The molecule has 0 aromatic rings. The molecule has 1 aliphatic rings. The van der Waals surface area contributed by atoms with E-state index >= 15 is 0 Å². The van der Waals surface area contributed by atoms with Crippen molar-refractivity contribution < 1.29 is 4.79 Å². The molecule has 0 bridgehead atoms.